The molecule has 0 bridgehead atoms. The van der Waals surface area contributed by atoms with Crippen molar-refractivity contribution in [1.29, 1.82) is 0 Å². The number of halogens is 1. The zero-order valence-corrected chi connectivity index (χ0v) is 8.28. The number of benzene rings is 1. The van der Waals surface area contributed by atoms with Gasteiger partial charge in [0.15, 0.2) is 0 Å². The molecule has 0 aliphatic carbocycles. The summed E-state index contributed by atoms with van der Waals surface area (Å²) in [5.74, 6) is 0. The largest absolute Gasteiger partial charge is 0.394 e. The molecule has 0 saturated heterocycles. The second-order valence-corrected chi connectivity index (χ2v) is 3.47. The van der Waals surface area contributed by atoms with Crippen LogP contribution in [0, 0.1) is 0 Å². The molecule has 2 unspecified atom stereocenters. The lowest BCUT2D eigenvalue weighted by atomic mass is 9.98. The number of alkyl halides is 1. The summed E-state index contributed by atoms with van der Waals surface area (Å²) >= 11 is 0. The minimum absolute atomic E-state index is 0.113. The summed E-state index contributed by atoms with van der Waals surface area (Å²) in [6.07, 6.45) is -0.536. The molecule has 1 aromatic carbocycles. The molecular weight excluding hydrogens is 181 g/mol. The molecule has 78 valence electrons. The average Bonchev–Trinajstić information content (AvgIpc) is 2.16. The summed E-state index contributed by atoms with van der Waals surface area (Å²) in [5, 5.41) is 8.93. The van der Waals surface area contributed by atoms with Gasteiger partial charge in [-0.05, 0) is 18.1 Å². The first-order chi connectivity index (χ1) is 6.65. The van der Waals surface area contributed by atoms with E-state index in [-0.39, 0.29) is 6.61 Å². The number of nitrogens with two attached hydrogens (primary N) is 1. The molecule has 0 aromatic heterocycles. The Bertz CT molecular complexity index is 288. The van der Waals surface area contributed by atoms with E-state index in [0.717, 1.165) is 11.1 Å². The van der Waals surface area contributed by atoms with Crippen molar-refractivity contribution < 1.29 is 9.50 Å². The van der Waals surface area contributed by atoms with Crippen LogP contribution in [0.25, 0.3) is 0 Å². The Morgan fingerprint density at radius 1 is 1.43 bits per heavy atom. The molecule has 2 nitrogen and oxygen atoms in total. The van der Waals surface area contributed by atoms with Crippen molar-refractivity contribution in [3.05, 3.63) is 35.4 Å². The van der Waals surface area contributed by atoms with Gasteiger partial charge in [0, 0.05) is 6.42 Å². The van der Waals surface area contributed by atoms with Crippen molar-refractivity contribution in [3.8, 4) is 0 Å². The van der Waals surface area contributed by atoms with Crippen LogP contribution < -0.4 is 5.73 Å². The van der Waals surface area contributed by atoms with E-state index in [1.807, 2.05) is 24.3 Å². The lowest BCUT2D eigenvalue weighted by Gasteiger charge is -2.14. The highest BCUT2D eigenvalue weighted by molar-refractivity contribution is 5.30. The fourth-order valence-corrected chi connectivity index (χ4v) is 1.48. The molecular formula is C11H16FNO. The third-order valence-electron chi connectivity index (χ3n) is 2.15. The normalized spacial score (nSPS) is 15.1. The van der Waals surface area contributed by atoms with E-state index >= 15 is 0 Å². The SMILES string of the molecule is CC(F)Cc1ccccc1C(N)CO. The lowest BCUT2D eigenvalue weighted by Crippen LogP contribution is -2.17. The van der Waals surface area contributed by atoms with Gasteiger partial charge in [-0.2, -0.15) is 0 Å². The average molecular weight is 197 g/mol. The summed E-state index contributed by atoms with van der Waals surface area (Å²) in [7, 11) is 0. The van der Waals surface area contributed by atoms with Gasteiger partial charge in [0.1, 0.15) is 6.17 Å². The van der Waals surface area contributed by atoms with Crippen molar-refractivity contribution in [3.63, 3.8) is 0 Å². The number of aliphatic hydroxyl groups is 1. The first kappa shape index (κ1) is 11.1. The van der Waals surface area contributed by atoms with Gasteiger partial charge in [0.25, 0.3) is 0 Å². The second-order valence-electron chi connectivity index (χ2n) is 3.47. The Kier molecular flexibility index (Phi) is 4.04. The molecule has 0 amide bonds. The molecule has 0 radical (unpaired) electrons. The highest BCUT2D eigenvalue weighted by Gasteiger charge is 2.11. The number of rotatable bonds is 4. The van der Waals surface area contributed by atoms with Gasteiger partial charge in [0.2, 0.25) is 0 Å². The van der Waals surface area contributed by atoms with Crippen LogP contribution in [0.15, 0.2) is 24.3 Å². The highest BCUT2D eigenvalue weighted by atomic mass is 19.1. The maximum Gasteiger partial charge on any atom is 0.101 e. The van der Waals surface area contributed by atoms with Gasteiger partial charge in [-0.3, -0.25) is 0 Å². The maximum atomic E-state index is 12.8. The summed E-state index contributed by atoms with van der Waals surface area (Å²) in [4.78, 5) is 0. The van der Waals surface area contributed by atoms with Crippen LogP contribution in [0.3, 0.4) is 0 Å². The van der Waals surface area contributed by atoms with Crippen LogP contribution in [0.1, 0.15) is 24.1 Å². The first-order valence-corrected chi connectivity index (χ1v) is 4.73. The number of aliphatic hydroxyl groups excluding tert-OH is 1. The molecule has 14 heavy (non-hydrogen) atoms. The van der Waals surface area contributed by atoms with Gasteiger partial charge < -0.3 is 10.8 Å². The van der Waals surface area contributed by atoms with Crippen LogP contribution in [0.5, 0.6) is 0 Å². The topological polar surface area (TPSA) is 46.2 Å². The van der Waals surface area contributed by atoms with Crippen molar-refractivity contribution in [2.24, 2.45) is 5.73 Å². The van der Waals surface area contributed by atoms with Crippen molar-refractivity contribution >= 4 is 0 Å². The minimum atomic E-state index is -0.887. The Balaban J connectivity index is 2.91. The molecule has 3 heteroatoms. The fraction of sp³-hybridized carbons (Fsp3) is 0.455. The molecule has 0 saturated carbocycles. The van der Waals surface area contributed by atoms with Crippen molar-refractivity contribution in [1.82, 2.24) is 0 Å². The zero-order chi connectivity index (χ0) is 10.6. The van der Waals surface area contributed by atoms with E-state index in [4.69, 9.17) is 10.8 Å². The van der Waals surface area contributed by atoms with E-state index < -0.39 is 12.2 Å². The van der Waals surface area contributed by atoms with Gasteiger partial charge in [-0.1, -0.05) is 24.3 Å². The molecule has 2 atom stereocenters. The molecule has 0 spiro atoms. The van der Waals surface area contributed by atoms with Crippen molar-refractivity contribution in [2.45, 2.75) is 25.6 Å². The minimum Gasteiger partial charge on any atom is -0.394 e. The quantitative estimate of drug-likeness (QED) is 0.769. The first-order valence-electron chi connectivity index (χ1n) is 4.73. The van der Waals surface area contributed by atoms with Crippen LogP contribution in [-0.4, -0.2) is 17.9 Å². The molecule has 0 heterocycles. The smallest absolute Gasteiger partial charge is 0.101 e. The standard InChI is InChI=1S/C11H16FNO/c1-8(12)6-9-4-2-3-5-10(9)11(13)7-14/h2-5,8,11,14H,6-7,13H2,1H3. The van der Waals surface area contributed by atoms with E-state index in [1.165, 1.54) is 6.92 Å². The Morgan fingerprint density at radius 3 is 2.64 bits per heavy atom. The number of hydrogen-bond acceptors (Lipinski definition) is 2. The Hall–Kier alpha value is -0.930. The summed E-state index contributed by atoms with van der Waals surface area (Å²) < 4.78 is 12.8. The van der Waals surface area contributed by atoms with Crippen molar-refractivity contribution in [2.75, 3.05) is 6.61 Å². The predicted octanol–water partition coefficient (Wildman–Crippen LogP) is 1.58. The fourth-order valence-electron chi connectivity index (χ4n) is 1.48. The maximum absolute atomic E-state index is 12.8. The van der Waals surface area contributed by atoms with Gasteiger partial charge in [-0.25, -0.2) is 4.39 Å². The van der Waals surface area contributed by atoms with Gasteiger partial charge in [0.05, 0.1) is 12.6 Å². The van der Waals surface area contributed by atoms with Crippen LogP contribution >= 0.6 is 0 Å². The number of hydrogen-bond donors (Lipinski definition) is 2. The van der Waals surface area contributed by atoms with Crippen LogP contribution in [-0.2, 0) is 6.42 Å². The third kappa shape index (κ3) is 2.79. The molecule has 0 aliphatic rings. The highest BCUT2D eigenvalue weighted by Crippen LogP contribution is 2.18. The van der Waals surface area contributed by atoms with E-state index in [9.17, 15) is 4.39 Å². The van der Waals surface area contributed by atoms with E-state index in [1.54, 1.807) is 0 Å². The van der Waals surface area contributed by atoms with Crippen LogP contribution in [0.2, 0.25) is 0 Å². The van der Waals surface area contributed by atoms with E-state index in [0.29, 0.717) is 6.42 Å². The summed E-state index contributed by atoms with van der Waals surface area (Å²) in [5.41, 5.74) is 7.41. The summed E-state index contributed by atoms with van der Waals surface area (Å²) in [6, 6.07) is 6.96. The third-order valence-corrected chi connectivity index (χ3v) is 2.15. The monoisotopic (exact) mass is 197 g/mol. The predicted molar refractivity (Wildman–Crippen MR) is 54.7 cm³/mol. The Morgan fingerprint density at radius 2 is 2.07 bits per heavy atom. The zero-order valence-electron chi connectivity index (χ0n) is 8.28. The van der Waals surface area contributed by atoms with E-state index in [2.05, 4.69) is 0 Å². The molecule has 1 aromatic rings. The molecule has 3 N–H and O–H groups in total. The molecule has 0 fully saturated rings. The van der Waals surface area contributed by atoms with Gasteiger partial charge >= 0.3 is 0 Å². The second kappa shape index (κ2) is 5.08. The summed E-state index contributed by atoms with van der Waals surface area (Å²) in [6.45, 7) is 1.40. The lowest BCUT2D eigenvalue weighted by molar-refractivity contribution is 0.266. The molecule has 0 aliphatic heterocycles. The molecule has 1 rings (SSSR count). The van der Waals surface area contributed by atoms with Gasteiger partial charge in [-0.15, -0.1) is 0 Å². The van der Waals surface area contributed by atoms with Crippen LogP contribution in [0.4, 0.5) is 4.39 Å². The Labute approximate surface area is 83.6 Å².